The van der Waals surface area contributed by atoms with Crippen LogP contribution < -0.4 is 5.73 Å². The number of rotatable bonds is 2. The molecule has 0 saturated heterocycles. The molecular formula is C8H12N2O3S. The number of hydrogen-bond acceptors (Lipinski definition) is 5. The first-order valence-corrected chi connectivity index (χ1v) is 5.82. The van der Waals surface area contributed by atoms with Crippen molar-refractivity contribution in [2.75, 3.05) is 13.4 Å². The van der Waals surface area contributed by atoms with Gasteiger partial charge < -0.3 is 10.6 Å². The highest BCUT2D eigenvalue weighted by atomic mass is 32.2. The van der Waals surface area contributed by atoms with Crippen LogP contribution in [0.4, 0.5) is 0 Å². The Balaban J connectivity index is 3.23. The van der Waals surface area contributed by atoms with Crippen molar-refractivity contribution >= 4 is 15.5 Å². The maximum absolute atomic E-state index is 11.3. The van der Waals surface area contributed by atoms with Crippen LogP contribution in [0.15, 0.2) is 27.9 Å². The molecule has 0 radical (unpaired) electrons. The van der Waals surface area contributed by atoms with Gasteiger partial charge in [0.15, 0.2) is 9.84 Å². The Morgan fingerprint density at radius 3 is 2.71 bits per heavy atom. The molecule has 0 heterocycles. The highest BCUT2D eigenvalue weighted by molar-refractivity contribution is 7.94. The molecule has 14 heavy (non-hydrogen) atoms. The molecule has 0 atom stereocenters. The van der Waals surface area contributed by atoms with E-state index in [9.17, 15) is 8.42 Å². The van der Waals surface area contributed by atoms with Gasteiger partial charge in [-0.15, -0.1) is 0 Å². The van der Waals surface area contributed by atoms with Gasteiger partial charge in [0.05, 0.1) is 10.6 Å². The Labute approximate surface area is 82.8 Å². The quantitative estimate of drug-likeness (QED) is 0.667. The molecule has 0 aromatic rings. The van der Waals surface area contributed by atoms with E-state index in [1.54, 1.807) is 6.08 Å². The number of nitrogens with two attached hydrogens (primary N) is 1. The van der Waals surface area contributed by atoms with E-state index in [1.165, 1.54) is 13.2 Å². The van der Waals surface area contributed by atoms with E-state index in [2.05, 4.69) is 9.99 Å². The second kappa shape index (κ2) is 3.83. The van der Waals surface area contributed by atoms with E-state index in [0.29, 0.717) is 12.1 Å². The lowest BCUT2D eigenvalue weighted by Gasteiger charge is -2.11. The lowest BCUT2D eigenvalue weighted by Crippen LogP contribution is -2.20. The molecule has 0 aromatic heterocycles. The molecule has 1 aliphatic carbocycles. The van der Waals surface area contributed by atoms with Crippen LogP contribution in [0.3, 0.4) is 0 Å². The fourth-order valence-electron chi connectivity index (χ4n) is 1.14. The maximum atomic E-state index is 11.3. The van der Waals surface area contributed by atoms with Crippen LogP contribution >= 0.6 is 0 Å². The normalized spacial score (nSPS) is 20.3. The zero-order valence-electron chi connectivity index (χ0n) is 8.02. The van der Waals surface area contributed by atoms with Gasteiger partial charge in [0.25, 0.3) is 0 Å². The lowest BCUT2D eigenvalue weighted by atomic mass is 10.1. The SMILES string of the molecule is CO/N=C1\CC=CC(S(C)(=O)=O)=C1N. The van der Waals surface area contributed by atoms with Crippen LogP contribution in [-0.4, -0.2) is 27.5 Å². The average molecular weight is 216 g/mol. The van der Waals surface area contributed by atoms with Crippen molar-refractivity contribution in [1.29, 1.82) is 0 Å². The first-order valence-electron chi connectivity index (χ1n) is 3.93. The highest BCUT2D eigenvalue weighted by Gasteiger charge is 2.19. The number of hydrogen-bond donors (Lipinski definition) is 1. The van der Waals surface area contributed by atoms with Gasteiger partial charge in [0, 0.05) is 12.7 Å². The minimum atomic E-state index is -3.29. The first kappa shape index (κ1) is 10.8. The van der Waals surface area contributed by atoms with Crippen LogP contribution in [0.5, 0.6) is 0 Å². The Bertz CT molecular complexity index is 418. The molecule has 1 aliphatic rings. The summed E-state index contributed by atoms with van der Waals surface area (Å²) in [5.74, 6) is 0. The van der Waals surface area contributed by atoms with Crippen LogP contribution in [0.2, 0.25) is 0 Å². The summed E-state index contributed by atoms with van der Waals surface area (Å²) in [5.41, 5.74) is 6.24. The monoisotopic (exact) mass is 216 g/mol. The van der Waals surface area contributed by atoms with E-state index >= 15 is 0 Å². The van der Waals surface area contributed by atoms with Gasteiger partial charge >= 0.3 is 0 Å². The van der Waals surface area contributed by atoms with E-state index < -0.39 is 9.84 Å². The lowest BCUT2D eigenvalue weighted by molar-refractivity contribution is 0.213. The predicted molar refractivity (Wildman–Crippen MR) is 54.3 cm³/mol. The van der Waals surface area contributed by atoms with Crippen LogP contribution in [-0.2, 0) is 14.7 Å². The minimum Gasteiger partial charge on any atom is -0.399 e. The predicted octanol–water partition coefficient (Wildman–Crippen LogP) is 0.164. The number of oxime groups is 1. The van der Waals surface area contributed by atoms with Gasteiger partial charge in [-0.3, -0.25) is 0 Å². The molecule has 78 valence electrons. The largest absolute Gasteiger partial charge is 0.399 e. The molecule has 0 aromatic carbocycles. The fourth-order valence-corrected chi connectivity index (χ4v) is 2.00. The van der Waals surface area contributed by atoms with Gasteiger partial charge in [-0.2, -0.15) is 0 Å². The molecule has 0 fully saturated rings. The molecule has 6 heteroatoms. The van der Waals surface area contributed by atoms with Gasteiger partial charge in [0.1, 0.15) is 12.8 Å². The third-order valence-corrected chi connectivity index (χ3v) is 2.91. The Morgan fingerprint density at radius 1 is 1.57 bits per heavy atom. The molecule has 1 rings (SSSR count). The molecule has 0 unspecified atom stereocenters. The van der Waals surface area contributed by atoms with Crippen molar-refractivity contribution in [2.45, 2.75) is 6.42 Å². The van der Waals surface area contributed by atoms with Crippen molar-refractivity contribution in [3.63, 3.8) is 0 Å². The smallest absolute Gasteiger partial charge is 0.177 e. The maximum Gasteiger partial charge on any atom is 0.177 e. The number of nitrogens with zero attached hydrogens (tertiary/aromatic N) is 1. The van der Waals surface area contributed by atoms with Gasteiger partial charge in [-0.1, -0.05) is 11.2 Å². The van der Waals surface area contributed by atoms with E-state index in [-0.39, 0.29) is 10.6 Å². The summed E-state index contributed by atoms with van der Waals surface area (Å²) >= 11 is 0. The fraction of sp³-hybridized carbons (Fsp3) is 0.375. The van der Waals surface area contributed by atoms with Crippen molar-refractivity contribution in [1.82, 2.24) is 0 Å². The highest BCUT2D eigenvalue weighted by Crippen LogP contribution is 2.17. The Kier molecular flexibility index (Phi) is 2.95. The van der Waals surface area contributed by atoms with Gasteiger partial charge in [-0.05, 0) is 6.08 Å². The van der Waals surface area contributed by atoms with E-state index in [0.717, 1.165) is 6.26 Å². The second-order valence-corrected chi connectivity index (χ2v) is 4.86. The molecular weight excluding hydrogens is 204 g/mol. The van der Waals surface area contributed by atoms with Gasteiger partial charge in [-0.25, -0.2) is 8.42 Å². The zero-order valence-corrected chi connectivity index (χ0v) is 8.84. The standard InChI is InChI=1S/C8H12N2O3S/c1-13-10-6-4-3-5-7(8(6)9)14(2,11)12/h3,5H,4,9H2,1-2H3/b10-6+. The van der Waals surface area contributed by atoms with Gasteiger partial charge in [0.2, 0.25) is 0 Å². The zero-order chi connectivity index (χ0) is 10.8. The Morgan fingerprint density at radius 2 is 2.21 bits per heavy atom. The molecule has 0 amide bonds. The molecule has 2 N–H and O–H groups in total. The summed E-state index contributed by atoms with van der Waals surface area (Å²) in [7, 11) is -1.91. The average Bonchev–Trinajstić information content (AvgIpc) is 2.07. The van der Waals surface area contributed by atoms with Crippen molar-refractivity contribution < 1.29 is 13.3 Å². The van der Waals surface area contributed by atoms with E-state index in [1.807, 2.05) is 0 Å². The summed E-state index contributed by atoms with van der Waals surface area (Å²) in [4.78, 5) is 4.65. The summed E-state index contributed by atoms with van der Waals surface area (Å²) in [6, 6.07) is 0. The number of sulfone groups is 1. The van der Waals surface area contributed by atoms with Crippen molar-refractivity contribution in [3.8, 4) is 0 Å². The second-order valence-electron chi connectivity index (χ2n) is 2.88. The number of allylic oxidation sites excluding steroid dienone is 3. The summed E-state index contributed by atoms with van der Waals surface area (Å²) in [5, 5.41) is 3.65. The van der Waals surface area contributed by atoms with Crippen LogP contribution in [0.25, 0.3) is 0 Å². The summed E-state index contributed by atoms with van der Waals surface area (Å²) < 4.78 is 22.5. The third kappa shape index (κ3) is 2.14. The topological polar surface area (TPSA) is 81.8 Å². The molecule has 5 nitrogen and oxygen atoms in total. The van der Waals surface area contributed by atoms with Crippen molar-refractivity contribution in [2.24, 2.45) is 10.9 Å². The van der Waals surface area contributed by atoms with Crippen molar-refractivity contribution in [3.05, 3.63) is 22.8 Å². The Hall–Kier alpha value is -1.30. The molecule has 0 saturated carbocycles. The molecule has 0 spiro atoms. The van der Waals surface area contributed by atoms with Crippen LogP contribution in [0, 0.1) is 0 Å². The van der Waals surface area contributed by atoms with E-state index in [4.69, 9.17) is 5.73 Å². The third-order valence-electron chi connectivity index (χ3n) is 1.76. The first-order chi connectivity index (χ1) is 6.46. The molecule has 0 bridgehead atoms. The van der Waals surface area contributed by atoms with Crippen LogP contribution in [0.1, 0.15) is 6.42 Å². The summed E-state index contributed by atoms with van der Waals surface area (Å²) in [6.07, 6.45) is 4.76. The summed E-state index contributed by atoms with van der Waals surface area (Å²) in [6.45, 7) is 0. The molecule has 0 aliphatic heterocycles. The minimum absolute atomic E-state index is 0.0968.